The third-order valence-corrected chi connectivity index (χ3v) is 6.28. The lowest BCUT2D eigenvalue weighted by molar-refractivity contribution is -0.135. The second-order valence-corrected chi connectivity index (χ2v) is 8.49. The number of guanidine groups is 1. The van der Waals surface area contributed by atoms with E-state index in [-0.39, 0.29) is 17.9 Å². The number of nitrogens with one attached hydrogen (secondary N) is 1. The van der Waals surface area contributed by atoms with Crippen molar-refractivity contribution in [3.63, 3.8) is 0 Å². The van der Waals surface area contributed by atoms with Gasteiger partial charge in [-0.15, -0.1) is 0 Å². The molecule has 2 aliphatic rings. The quantitative estimate of drug-likeness (QED) is 0.551. The number of likely N-dealkylation sites (tertiary alicyclic amines) is 1. The fourth-order valence-electron chi connectivity index (χ4n) is 4.33. The number of rotatable bonds is 6. The predicted octanol–water partition coefficient (Wildman–Crippen LogP) is 2.66. The summed E-state index contributed by atoms with van der Waals surface area (Å²) in [6, 6.07) is 3.61. The zero-order valence-electron chi connectivity index (χ0n) is 18.9. The number of carbonyl (C=O) groups excluding carboxylic acids is 1. The molecule has 172 valence electrons. The first kappa shape index (κ1) is 23.4. The molecule has 0 spiro atoms. The van der Waals surface area contributed by atoms with Gasteiger partial charge in [0.1, 0.15) is 11.6 Å². The van der Waals surface area contributed by atoms with E-state index < -0.39 is 11.6 Å². The molecule has 0 aliphatic carbocycles. The smallest absolute Gasteiger partial charge is 0.239 e. The molecule has 2 heterocycles. The third kappa shape index (κ3) is 5.93. The molecule has 2 aliphatic heterocycles. The molecule has 8 heteroatoms. The fourth-order valence-corrected chi connectivity index (χ4v) is 4.33. The van der Waals surface area contributed by atoms with E-state index in [4.69, 9.17) is 4.99 Å². The van der Waals surface area contributed by atoms with Crippen LogP contribution >= 0.6 is 0 Å². The van der Waals surface area contributed by atoms with Crippen LogP contribution < -0.4 is 5.32 Å². The molecule has 31 heavy (non-hydrogen) atoms. The van der Waals surface area contributed by atoms with E-state index >= 15 is 0 Å². The standard InChI is InChI=1S/C23H35F2N5O/c1-4-26-23(27-16-17(2)20-8-7-19(24)15-21(20)25)30-13-11-28(12-14-30)18(3)22(31)29-9-5-6-10-29/h7-8,15,17-18H,4-6,9-14,16H2,1-3H3,(H,26,27). The van der Waals surface area contributed by atoms with Crippen molar-refractivity contribution in [1.29, 1.82) is 0 Å². The molecule has 1 aromatic rings. The Labute approximate surface area is 184 Å². The van der Waals surface area contributed by atoms with Gasteiger partial charge in [-0.3, -0.25) is 14.7 Å². The van der Waals surface area contributed by atoms with Crippen molar-refractivity contribution in [3.05, 3.63) is 35.4 Å². The number of hydrogen-bond donors (Lipinski definition) is 1. The molecule has 1 N–H and O–H groups in total. The van der Waals surface area contributed by atoms with Crippen LogP contribution in [0.5, 0.6) is 0 Å². The molecule has 1 amide bonds. The van der Waals surface area contributed by atoms with Crippen LogP contribution in [0.3, 0.4) is 0 Å². The third-order valence-electron chi connectivity index (χ3n) is 6.28. The maximum Gasteiger partial charge on any atom is 0.239 e. The van der Waals surface area contributed by atoms with Crippen LogP contribution in [0.1, 0.15) is 45.1 Å². The Morgan fingerprint density at radius 1 is 1.06 bits per heavy atom. The Hall–Kier alpha value is -2.22. The SMILES string of the molecule is CCNC(=NCC(C)c1ccc(F)cc1F)N1CCN(C(C)C(=O)N2CCCC2)CC1. The van der Waals surface area contributed by atoms with Crippen molar-refractivity contribution in [2.24, 2.45) is 4.99 Å². The number of hydrogen-bond acceptors (Lipinski definition) is 3. The first-order valence-electron chi connectivity index (χ1n) is 11.4. The lowest BCUT2D eigenvalue weighted by Crippen LogP contribution is -2.57. The number of halogens is 2. The van der Waals surface area contributed by atoms with Crippen LogP contribution in [0.4, 0.5) is 8.78 Å². The van der Waals surface area contributed by atoms with Crippen molar-refractivity contribution in [3.8, 4) is 0 Å². The van der Waals surface area contributed by atoms with Gasteiger partial charge in [0.05, 0.1) is 6.04 Å². The summed E-state index contributed by atoms with van der Waals surface area (Å²) in [5.41, 5.74) is 0.472. The monoisotopic (exact) mass is 435 g/mol. The fraction of sp³-hybridized carbons (Fsp3) is 0.652. The highest BCUT2D eigenvalue weighted by Crippen LogP contribution is 2.20. The van der Waals surface area contributed by atoms with Gasteiger partial charge in [0.15, 0.2) is 5.96 Å². The molecule has 2 saturated heterocycles. The minimum atomic E-state index is -0.569. The number of amides is 1. The molecule has 1 aromatic carbocycles. The number of nitrogens with zero attached hydrogens (tertiary/aromatic N) is 4. The summed E-state index contributed by atoms with van der Waals surface area (Å²) in [5.74, 6) is -0.219. The van der Waals surface area contributed by atoms with E-state index in [2.05, 4.69) is 15.1 Å². The minimum absolute atomic E-state index is 0.0961. The summed E-state index contributed by atoms with van der Waals surface area (Å²) in [6.45, 7) is 12.0. The Bertz CT molecular complexity index is 773. The topological polar surface area (TPSA) is 51.2 Å². The average Bonchev–Trinajstić information content (AvgIpc) is 3.30. The van der Waals surface area contributed by atoms with Crippen molar-refractivity contribution < 1.29 is 13.6 Å². The highest BCUT2D eigenvalue weighted by molar-refractivity contribution is 5.82. The Kier molecular flexibility index (Phi) is 8.23. The maximum absolute atomic E-state index is 14.1. The van der Waals surface area contributed by atoms with E-state index in [9.17, 15) is 13.6 Å². The van der Waals surface area contributed by atoms with Gasteiger partial charge >= 0.3 is 0 Å². The summed E-state index contributed by atoms with van der Waals surface area (Å²) >= 11 is 0. The van der Waals surface area contributed by atoms with E-state index in [1.165, 1.54) is 12.1 Å². The van der Waals surface area contributed by atoms with Gasteiger partial charge in [-0.2, -0.15) is 0 Å². The molecule has 3 rings (SSSR count). The van der Waals surface area contributed by atoms with Crippen molar-refractivity contribution in [1.82, 2.24) is 20.0 Å². The van der Waals surface area contributed by atoms with Gasteiger partial charge in [0.25, 0.3) is 0 Å². The first-order valence-corrected chi connectivity index (χ1v) is 11.4. The summed E-state index contributed by atoms with van der Waals surface area (Å²) in [7, 11) is 0. The lowest BCUT2D eigenvalue weighted by atomic mass is 10.0. The Morgan fingerprint density at radius 2 is 1.74 bits per heavy atom. The second-order valence-electron chi connectivity index (χ2n) is 8.49. The molecule has 2 atom stereocenters. The average molecular weight is 436 g/mol. The number of benzene rings is 1. The Balaban J connectivity index is 1.57. The van der Waals surface area contributed by atoms with Gasteiger partial charge in [-0.25, -0.2) is 8.78 Å². The number of aliphatic imine (C=N–C) groups is 1. The van der Waals surface area contributed by atoms with Crippen molar-refractivity contribution in [2.75, 3.05) is 52.4 Å². The summed E-state index contributed by atoms with van der Waals surface area (Å²) in [4.78, 5) is 23.9. The normalized spacial score (nSPS) is 20.1. The van der Waals surface area contributed by atoms with E-state index in [1.807, 2.05) is 25.7 Å². The van der Waals surface area contributed by atoms with Crippen molar-refractivity contribution in [2.45, 2.75) is 45.6 Å². The second kappa shape index (κ2) is 10.9. The molecule has 0 aromatic heterocycles. The summed E-state index contributed by atoms with van der Waals surface area (Å²) in [6.07, 6.45) is 2.21. The molecule has 2 unspecified atom stereocenters. The minimum Gasteiger partial charge on any atom is -0.357 e. The van der Waals surface area contributed by atoms with Crippen LogP contribution in [0.2, 0.25) is 0 Å². The van der Waals surface area contributed by atoms with Gasteiger partial charge < -0.3 is 15.1 Å². The van der Waals surface area contributed by atoms with Crippen LogP contribution in [0.25, 0.3) is 0 Å². The first-order chi connectivity index (χ1) is 14.9. The molecular weight excluding hydrogens is 400 g/mol. The Morgan fingerprint density at radius 3 is 2.35 bits per heavy atom. The largest absolute Gasteiger partial charge is 0.357 e. The summed E-state index contributed by atoms with van der Waals surface area (Å²) < 4.78 is 27.3. The molecule has 6 nitrogen and oxygen atoms in total. The van der Waals surface area contributed by atoms with Crippen LogP contribution in [0.15, 0.2) is 23.2 Å². The van der Waals surface area contributed by atoms with E-state index in [1.54, 1.807) is 0 Å². The highest BCUT2D eigenvalue weighted by atomic mass is 19.1. The molecule has 0 saturated carbocycles. The maximum atomic E-state index is 14.1. The van der Waals surface area contributed by atoms with E-state index in [0.717, 1.165) is 70.7 Å². The zero-order chi connectivity index (χ0) is 22.4. The van der Waals surface area contributed by atoms with Gasteiger partial charge in [-0.1, -0.05) is 13.0 Å². The lowest BCUT2D eigenvalue weighted by Gasteiger charge is -2.39. The molecule has 0 radical (unpaired) electrons. The van der Waals surface area contributed by atoms with Gasteiger partial charge in [-0.05, 0) is 38.3 Å². The van der Waals surface area contributed by atoms with Gasteiger partial charge in [0.2, 0.25) is 5.91 Å². The number of piperazine rings is 1. The predicted molar refractivity (Wildman–Crippen MR) is 119 cm³/mol. The van der Waals surface area contributed by atoms with E-state index in [0.29, 0.717) is 12.1 Å². The molecule has 0 bridgehead atoms. The zero-order valence-corrected chi connectivity index (χ0v) is 18.9. The van der Waals surface area contributed by atoms with Gasteiger partial charge in [0, 0.05) is 64.3 Å². The van der Waals surface area contributed by atoms with Crippen LogP contribution in [-0.4, -0.2) is 85.0 Å². The van der Waals surface area contributed by atoms with Crippen molar-refractivity contribution >= 4 is 11.9 Å². The molecule has 2 fully saturated rings. The molecular formula is C23H35F2N5O. The van der Waals surface area contributed by atoms with Crippen LogP contribution in [0, 0.1) is 11.6 Å². The highest BCUT2D eigenvalue weighted by Gasteiger charge is 2.30. The summed E-state index contributed by atoms with van der Waals surface area (Å²) in [5, 5.41) is 3.32. The van der Waals surface area contributed by atoms with Crippen LogP contribution in [-0.2, 0) is 4.79 Å². The number of carbonyl (C=O) groups is 1.